The summed E-state index contributed by atoms with van der Waals surface area (Å²) in [6, 6.07) is -2.10. The summed E-state index contributed by atoms with van der Waals surface area (Å²) < 4.78 is 0. The summed E-state index contributed by atoms with van der Waals surface area (Å²) in [7, 11) is 0. The first-order chi connectivity index (χ1) is 9.15. The zero-order valence-corrected chi connectivity index (χ0v) is 11.4. The molecule has 2 atom stereocenters. The number of rotatable bonds is 8. The summed E-state index contributed by atoms with van der Waals surface area (Å²) in [5.41, 5.74) is 10.4. The molecule has 0 aliphatic heterocycles. The van der Waals surface area contributed by atoms with E-state index in [1.807, 2.05) is 0 Å². The zero-order chi connectivity index (χ0) is 15.9. The highest BCUT2D eigenvalue weighted by Crippen LogP contribution is 2.02. The lowest BCUT2D eigenvalue weighted by atomic mass is 10.0. The van der Waals surface area contributed by atoms with Crippen LogP contribution in [0.15, 0.2) is 0 Å². The highest BCUT2D eigenvalue weighted by atomic mass is 16.4. The summed E-state index contributed by atoms with van der Waals surface area (Å²) in [6.07, 6.45) is -0.340. The molecular weight excluding hydrogens is 268 g/mol. The molecule has 0 aromatic rings. The van der Waals surface area contributed by atoms with Crippen molar-refractivity contribution in [3.8, 4) is 0 Å². The van der Waals surface area contributed by atoms with Crippen molar-refractivity contribution in [3.63, 3.8) is 0 Å². The van der Waals surface area contributed by atoms with E-state index in [4.69, 9.17) is 16.6 Å². The molecule has 0 aliphatic carbocycles. The molecule has 9 nitrogen and oxygen atoms in total. The lowest BCUT2D eigenvalue weighted by Crippen LogP contribution is -2.54. The van der Waals surface area contributed by atoms with E-state index in [1.54, 1.807) is 13.8 Å². The normalized spacial score (nSPS) is 13.4. The van der Waals surface area contributed by atoms with Gasteiger partial charge >= 0.3 is 5.97 Å². The number of aliphatic carboxylic acids is 1. The number of primary amides is 1. The Hall–Kier alpha value is -2.16. The van der Waals surface area contributed by atoms with Crippen LogP contribution in [0.5, 0.6) is 0 Å². The number of carbonyl (C=O) groups excluding carboxylic acids is 3. The van der Waals surface area contributed by atoms with E-state index in [0.717, 1.165) is 0 Å². The molecule has 7 N–H and O–H groups in total. The highest BCUT2D eigenvalue weighted by molar-refractivity contribution is 5.92. The van der Waals surface area contributed by atoms with Crippen LogP contribution in [0, 0.1) is 5.92 Å². The van der Waals surface area contributed by atoms with Gasteiger partial charge in [-0.05, 0) is 5.92 Å². The maximum absolute atomic E-state index is 11.7. The second kappa shape index (κ2) is 8.10. The number of hydrogen-bond acceptors (Lipinski definition) is 5. The van der Waals surface area contributed by atoms with Gasteiger partial charge in [0, 0.05) is 0 Å². The predicted octanol–water partition coefficient (Wildman–Crippen LogP) is -2.47. The lowest BCUT2D eigenvalue weighted by Gasteiger charge is -2.22. The number of nitrogens with two attached hydrogens (primary N) is 2. The van der Waals surface area contributed by atoms with Crippen molar-refractivity contribution in [2.45, 2.75) is 32.4 Å². The van der Waals surface area contributed by atoms with Crippen LogP contribution >= 0.6 is 0 Å². The third-order valence-electron chi connectivity index (χ3n) is 2.42. The van der Waals surface area contributed by atoms with Crippen LogP contribution in [-0.2, 0) is 19.2 Å². The lowest BCUT2D eigenvalue weighted by molar-refractivity contribution is -0.138. The number of nitrogens with one attached hydrogen (secondary N) is 2. The summed E-state index contributed by atoms with van der Waals surface area (Å²) in [5, 5.41) is 13.0. The van der Waals surface area contributed by atoms with Crippen molar-refractivity contribution in [2.75, 3.05) is 6.54 Å². The number of carboxylic acid groups (broad SMARTS) is 1. The van der Waals surface area contributed by atoms with Gasteiger partial charge in [-0.2, -0.15) is 0 Å². The Kier molecular flexibility index (Phi) is 7.22. The van der Waals surface area contributed by atoms with Crippen LogP contribution in [0.2, 0.25) is 0 Å². The van der Waals surface area contributed by atoms with Crippen LogP contribution in [0.3, 0.4) is 0 Å². The summed E-state index contributed by atoms with van der Waals surface area (Å²) in [5.74, 6) is -3.55. The van der Waals surface area contributed by atoms with Gasteiger partial charge in [-0.15, -0.1) is 0 Å². The second-order valence-corrected chi connectivity index (χ2v) is 4.62. The van der Waals surface area contributed by atoms with Crippen molar-refractivity contribution < 1.29 is 24.3 Å². The number of hydrogen-bond donors (Lipinski definition) is 5. The van der Waals surface area contributed by atoms with Gasteiger partial charge in [0.2, 0.25) is 17.7 Å². The summed E-state index contributed by atoms with van der Waals surface area (Å²) in [4.78, 5) is 44.5. The van der Waals surface area contributed by atoms with Crippen LogP contribution in [-0.4, -0.2) is 47.4 Å². The molecule has 0 aromatic carbocycles. The van der Waals surface area contributed by atoms with E-state index in [2.05, 4.69) is 10.6 Å². The van der Waals surface area contributed by atoms with Gasteiger partial charge in [0.1, 0.15) is 12.6 Å². The number of carboxylic acids is 1. The van der Waals surface area contributed by atoms with Crippen molar-refractivity contribution in [1.29, 1.82) is 0 Å². The van der Waals surface area contributed by atoms with Crippen LogP contribution in [0.4, 0.5) is 0 Å². The van der Waals surface area contributed by atoms with Gasteiger partial charge in [-0.1, -0.05) is 13.8 Å². The molecule has 0 bridgehead atoms. The Bertz CT molecular complexity index is 396. The molecule has 20 heavy (non-hydrogen) atoms. The van der Waals surface area contributed by atoms with Crippen molar-refractivity contribution in [1.82, 2.24) is 10.6 Å². The Labute approximate surface area is 116 Å². The number of carbonyl (C=O) groups is 4. The molecule has 0 saturated carbocycles. The molecule has 0 radical (unpaired) electrons. The molecule has 0 heterocycles. The second-order valence-electron chi connectivity index (χ2n) is 4.62. The topological polar surface area (TPSA) is 165 Å². The van der Waals surface area contributed by atoms with Crippen molar-refractivity contribution >= 4 is 23.7 Å². The van der Waals surface area contributed by atoms with Crippen LogP contribution in [0.1, 0.15) is 20.3 Å². The van der Waals surface area contributed by atoms with E-state index in [9.17, 15) is 19.2 Å². The first kappa shape index (κ1) is 17.8. The van der Waals surface area contributed by atoms with Crippen LogP contribution < -0.4 is 22.1 Å². The molecule has 0 spiro atoms. The maximum atomic E-state index is 11.7. The van der Waals surface area contributed by atoms with E-state index in [-0.39, 0.29) is 12.3 Å². The molecule has 0 fully saturated rings. The average molecular weight is 288 g/mol. The molecule has 2 unspecified atom stereocenters. The fourth-order valence-electron chi connectivity index (χ4n) is 1.38. The molecule has 0 aliphatic rings. The molecule has 0 saturated heterocycles. The highest BCUT2D eigenvalue weighted by Gasteiger charge is 2.27. The third-order valence-corrected chi connectivity index (χ3v) is 2.42. The fraction of sp³-hybridized carbons (Fsp3) is 0.636. The van der Waals surface area contributed by atoms with Gasteiger partial charge in [0.05, 0.1) is 12.5 Å². The molecule has 9 heteroatoms. The van der Waals surface area contributed by atoms with Crippen molar-refractivity contribution in [2.24, 2.45) is 17.4 Å². The summed E-state index contributed by atoms with van der Waals surface area (Å²) in [6.45, 7) is 2.79. The van der Waals surface area contributed by atoms with Crippen LogP contribution in [0.25, 0.3) is 0 Å². The van der Waals surface area contributed by atoms with Gasteiger partial charge in [-0.3, -0.25) is 19.2 Å². The van der Waals surface area contributed by atoms with Gasteiger partial charge in [0.15, 0.2) is 0 Å². The first-order valence-electron chi connectivity index (χ1n) is 5.99. The van der Waals surface area contributed by atoms with Gasteiger partial charge in [0.25, 0.3) is 0 Å². The standard InChI is InChI=1S/C11H20N4O5/c1-5(2)9(11(20)14-4-8(17)18)15-10(19)6(12)3-7(13)16/h5-6,9H,3-4,12H2,1-2H3,(H2,13,16)(H,14,20)(H,15,19)(H,17,18). The van der Waals surface area contributed by atoms with E-state index in [1.165, 1.54) is 0 Å². The monoisotopic (exact) mass is 288 g/mol. The molecule has 114 valence electrons. The minimum atomic E-state index is -1.20. The predicted molar refractivity (Wildman–Crippen MR) is 69.2 cm³/mol. The van der Waals surface area contributed by atoms with Gasteiger partial charge < -0.3 is 27.2 Å². The Balaban J connectivity index is 4.61. The summed E-state index contributed by atoms with van der Waals surface area (Å²) >= 11 is 0. The minimum absolute atomic E-state index is 0.284. The third kappa shape index (κ3) is 6.69. The molecule has 0 aromatic heterocycles. The van der Waals surface area contributed by atoms with E-state index in [0.29, 0.717) is 0 Å². The van der Waals surface area contributed by atoms with E-state index < -0.39 is 42.3 Å². The Morgan fingerprint density at radius 2 is 1.70 bits per heavy atom. The largest absolute Gasteiger partial charge is 0.480 e. The quantitative estimate of drug-likeness (QED) is 0.332. The smallest absolute Gasteiger partial charge is 0.322 e. The van der Waals surface area contributed by atoms with Crippen molar-refractivity contribution in [3.05, 3.63) is 0 Å². The SMILES string of the molecule is CC(C)C(NC(=O)C(N)CC(N)=O)C(=O)NCC(=O)O. The zero-order valence-electron chi connectivity index (χ0n) is 11.4. The molecule has 0 rings (SSSR count). The van der Waals surface area contributed by atoms with Gasteiger partial charge in [-0.25, -0.2) is 0 Å². The maximum Gasteiger partial charge on any atom is 0.322 e. The molecule has 3 amide bonds. The molecular formula is C11H20N4O5. The Morgan fingerprint density at radius 3 is 2.10 bits per heavy atom. The Morgan fingerprint density at radius 1 is 1.15 bits per heavy atom. The minimum Gasteiger partial charge on any atom is -0.480 e. The van der Waals surface area contributed by atoms with E-state index >= 15 is 0 Å². The first-order valence-corrected chi connectivity index (χ1v) is 5.99. The number of amides is 3. The average Bonchev–Trinajstić information content (AvgIpc) is 2.31. The fourth-order valence-corrected chi connectivity index (χ4v) is 1.38.